The smallest absolute Gasteiger partial charge is 0.111 e. The number of hydrogen-bond donors (Lipinski definition) is 1. The summed E-state index contributed by atoms with van der Waals surface area (Å²) in [6, 6.07) is 14.2. The lowest BCUT2D eigenvalue weighted by Crippen LogP contribution is -1.99. The Balaban J connectivity index is 2.30. The summed E-state index contributed by atoms with van der Waals surface area (Å²) in [5, 5.41) is 0. The van der Waals surface area contributed by atoms with Gasteiger partial charge in [0.2, 0.25) is 0 Å². The van der Waals surface area contributed by atoms with Crippen LogP contribution in [0.15, 0.2) is 42.5 Å². The molecule has 0 bridgehead atoms. The van der Waals surface area contributed by atoms with Crippen LogP contribution in [0.2, 0.25) is 0 Å². The van der Waals surface area contributed by atoms with Gasteiger partial charge in [-0.05, 0) is 43.7 Å². The van der Waals surface area contributed by atoms with Gasteiger partial charge in [-0.2, -0.15) is 0 Å². The molecule has 90 valence electrons. The fourth-order valence-electron chi connectivity index (χ4n) is 2.24. The molecule has 0 amide bonds. The average Bonchev–Trinajstić information content (AvgIpc) is 2.69. The van der Waals surface area contributed by atoms with E-state index < -0.39 is 0 Å². The van der Waals surface area contributed by atoms with Crippen LogP contribution in [0.4, 0.5) is 5.69 Å². The number of imidazole rings is 1. The highest BCUT2D eigenvalue weighted by atomic mass is 15.1. The van der Waals surface area contributed by atoms with Gasteiger partial charge in [0, 0.05) is 11.4 Å². The average molecular weight is 237 g/mol. The van der Waals surface area contributed by atoms with E-state index in [0.29, 0.717) is 0 Å². The summed E-state index contributed by atoms with van der Waals surface area (Å²) in [7, 11) is 0. The van der Waals surface area contributed by atoms with Gasteiger partial charge in [0.25, 0.3) is 0 Å². The molecule has 0 spiro atoms. The molecule has 3 heteroatoms. The third-order valence-corrected chi connectivity index (χ3v) is 3.25. The van der Waals surface area contributed by atoms with Crippen LogP contribution in [-0.4, -0.2) is 9.55 Å². The summed E-state index contributed by atoms with van der Waals surface area (Å²) in [4.78, 5) is 4.56. The van der Waals surface area contributed by atoms with Crippen LogP contribution in [0.25, 0.3) is 16.7 Å². The summed E-state index contributed by atoms with van der Waals surface area (Å²) < 4.78 is 2.13. The molecule has 3 nitrogen and oxygen atoms in total. The molecule has 3 aromatic rings. The Kier molecular flexibility index (Phi) is 2.33. The number of hydrogen-bond acceptors (Lipinski definition) is 2. The molecule has 1 heterocycles. The van der Waals surface area contributed by atoms with Crippen molar-refractivity contribution in [3.8, 4) is 5.69 Å². The minimum Gasteiger partial charge on any atom is -0.398 e. The second kappa shape index (κ2) is 3.88. The second-order valence-electron chi connectivity index (χ2n) is 4.52. The Morgan fingerprint density at radius 3 is 2.61 bits per heavy atom. The molecule has 2 N–H and O–H groups in total. The zero-order valence-electron chi connectivity index (χ0n) is 10.5. The van der Waals surface area contributed by atoms with Gasteiger partial charge in [-0.1, -0.05) is 18.2 Å². The van der Waals surface area contributed by atoms with Crippen LogP contribution in [0, 0.1) is 13.8 Å². The molecule has 2 aromatic carbocycles. The quantitative estimate of drug-likeness (QED) is 0.660. The van der Waals surface area contributed by atoms with E-state index in [-0.39, 0.29) is 0 Å². The van der Waals surface area contributed by atoms with Gasteiger partial charge in [-0.15, -0.1) is 0 Å². The maximum absolute atomic E-state index is 5.99. The van der Waals surface area contributed by atoms with Gasteiger partial charge in [0.15, 0.2) is 0 Å². The zero-order chi connectivity index (χ0) is 12.7. The third kappa shape index (κ3) is 1.56. The fourth-order valence-corrected chi connectivity index (χ4v) is 2.24. The number of aryl methyl sites for hydroxylation is 2. The molecule has 0 fully saturated rings. The number of nitrogen functional groups attached to an aromatic ring is 1. The lowest BCUT2D eigenvalue weighted by atomic mass is 10.2. The molecule has 0 aliphatic carbocycles. The van der Waals surface area contributed by atoms with Crippen molar-refractivity contribution in [3.63, 3.8) is 0 Å². The van der Waals surface area contributed by atoms with E-state index in [4.69, 9.17) is 5.73 Å². The number of nitrogens with zero attached hydrogens (tertiary/aromatic N) is 2. The number of benzene rings is 2. The van der Waals surface area contributed by atoms with Gasteiger partial charge in [0.05, 0.1) is 11.0 Å². The molecule has 0 unspecified atom stereocenters. The first kappa shape index (κ1) is 10.8. The van der Waals surface area contributed by atoms with Crippen LogP contribution in [-0.2, 0) is 0 Å². The first-order valence-electron chi connectivity index (χ1n) is 5.97. The summed E-state index contributed by atoms with van der Waals surface area (Å²) >= 11 is 0. The number of rotatable bonds is 1. The summed E-state index contributed by atoms with van der Waals surface area (Å²) in [5.41, 5.74) is 11.1. The van der Waals surface area contributed by atoms with Crippen molar-refractivity contribution < 1.29 is 0 Å². The Labute approximate surface area is 106 Å². The normalized spacial score (nSPS) is 11.0. The highest BCUT2D eigenvalue weighted by Crippen LogP contribution is 2.23. The van der Waals surface area contributed by atoms with E-state index in [2.05, 4.69) is 21.7 Å². The van der Waals surface area contributed by atoms with Gasteiger partial charge >= 0.3 is 0 Å². The van der Waals surface area contributed by atoms with Crippen molar-refractivity contribution in [3.05, 3.63) is 53.9 Å². The maximum Gasteiger partial charge on any atom is 0.111 e. The molecular weight excluding hydrogens is 222 g/mol. The van der Waals surface area contributed by atoms with Gasteiger partial charge < -0.3 is 5.73 Å². The summed E-state index contributed by atoms with van der Waals surface area (Å²) in [6.07, 6.45) is 0. The fraction of sp³-hybridized carbons (Fsp3) is 0.133. The molecule has 0 aliphatic rings. The highest BCUT2D eigenvalue weighted by molar-refractivity contribution is 5.78. The first-order chi connectivity index (χ1) is 8.66. The molecule has 0 radical (unpaired) electrons. The predicted molar refractivity (Wildman–Crippen MR) is 75.0 cm³/mol. The van der Waals surface area contributed by atoms with Crippen molar-refractivity contribution in [1.82, 2.24) is 9.55 Å². The zero-order valence-corrected chi connectivity index (χ0v) is 10.5. The number of fused-ring (bicyclic) bond motifs is 1. The highest BCUT2D eigenvalue weighted by Gasteiger charge is 2.09. The number of nitrogens with two attached hydrogens (primary N) is 1. The van der Waals surface area contributed by atoms with Gasteiger partial charge in [-0.3, -0.25) is 4.57 Å². The molecule has 18 heavy (non-hydrogen) atoms. The maximum atomic E-state index is 5.99. The topological polar surface area (TPSA) is 43.8 Å². The minimum absolute atomic E-state index is 0.810. The first-order valence-corrected chi connectivity index (χ1v) is 5.97. The van der Waals surface area contributed by atoms with Crippen molar-refractivity contribution in [2.45, 2.75) is 13.8 Å². The predicted octanol–water partition coefficient (Wildman–Crippen LogP) is 3.22. The number of para-hydroxylation sites is 2. The van der Waals surface area contributed by atoms with Crippen molar-refractivity contribution >= 4 is 16.7 Å². The molecule has 3 rings (SSSR count). The third-order valence-electron chi connectivity index (χ3n) is 3.25. The van der Waals surface area contributed by atoms with Gasteiger partial charge in [0.1, 0.15) is 5.82 Å². The standard InChI is InChI=1S/C15H15N3/c1-10-7-8-12(9-13(10)16)18-11(2)17-14-5-3-4-6-15(14)18/h3-9H,16H2,1-2H3. The Morgan fingerprint density at radius 1 is 1.06 bits per heavy atom. The van der Waals surface area contributed by atoms with E-state index in [1.807, 2.05) is 44.2 Å². The molecule has 0 atom stereocenters. The summed E-state index contributed by atoms with van der Waals surface area (Å²) in [6.45, 7) is 4.02. The van der Waals surface area contributed by atoms with Crippen molar-refractivity contribution in [1.29, 1.82) is 0 Å². The Hall–Kier alpha value is -2.29. The van der Waals surface area contributed by atoms with Crippen molar-refractivity contribution in [2.24, 2.45) is 0 Å². The summed E-state index contributed by atoms with van der Waals surface area (Å²) in [5.74, 6) is 0.972. The van der Waals surface area contributed by atoms with E-state index in [1.165, 1.54) is 0 Å². The Bertz CT molecular complexity index is 726. The van der Waals surface area contributed by atoms with Crippen LogP contribution in [0.1, 0.15) is 11.4 Å². The molecule has 1 aromatic heterocycles. The number of anilines is 1. The van der Waals surface area contributed by atoms with E-state index in [9.17, 15) is 0 Å². The lowest BCUT2D eigenvalue weighted by molar-refractivity contribution is 1.00. The Morgan fingerprint density at radius 2 is 1.83 bits per heavy atom. The molecule has 0 saturated heterocycles. The van der Waals surface area contributed by atoms with Gasteiger partial charge in [-0.25, -0.2) is 4.98 Å². The molecule has 0 aliphatic heterocycles. The SMILES string of the molecule is Cc1ccc(-n2c(C)nc3ccccc32)cc1N. The van der Waals surface area contributed by atoms with E-state index >= 15 is 0 Å². The van der Waals surface area contributed by atoms with Crippen LogP contribution < -0.4 is 5.73 Å². The van der Waals surface area contributed by atoms with E-state index in [1.54, 1.807) is 0 Å². The van der Waals surface area contributed by atoms with Crippen LogP contribution in [0.3, 0.4) is 0 Å². The van der Waals surface area contributed by atoms with Crippen LogP contribution >= 0.6 is 0 Å². The lowest BCUT2D eigenvalue weighted by Gasteiger charge is -2.09. The molecular formula is C15H15N3. The van der Waals surface area contributed by atoms with E-state index in [0.717, 1.165) is 33.8 Å². The minimum atomic E-state index is 0.810. The second-order valence-corrected chi connectivity index (χ2v) is 4.52. The molecule has 0 saturated carbocycles. The monoisotopic (exact) mass is 237 g/mol. The van der Waals surface area contributed by atoms with Crippen LogP contribution in [0.5, 0.6) is 0 Å². The van der Waals surface area contributed by atoms with Crippen molar-refractivity contribution in [2.75, 3.05) is 5.73 Å². The number of aromatic nitrogens is 2. The largest absolute Gasteiger partial charge is 0.398 e.